The Hall–Kier alpha value is -5.90. The lowest BCUT2D eigenvalue weighted by Gasteiger charge is -2.38. The van der Waals surface area contributed by atoms with E-state index >= 15 is 0 Å². The number of esters is 1. The van der Waals surface area contributed by atoms with E-state index in [9.17, 15) is 39.9 Å². The number of nitrogens with zero attached hydrogens (tertiary/aromatic N) is 1. The number of methoxy groups -OCH3 is 1. The van der Waals surface area contributed by atoms with E-state index in [0.29, 0.717) is 0 Å². The van der Waals surface area contributed by atoms with Crippen LogP contribution in [0.2, 0.25) is 0 Å². The SMILES string of the molecule is CO[C@H]1/C=C\O[C@@]2(C)Oc3c(C)c(O)c4c(O)c(c(/C=N/OCc5ccccc5)c(O)c4c3C2=O)NC(=O)/C(C)=C\C=C/[C@H](C)[C@H](O)[C@@H](C)[C@@H](O)[C@@H](C)[C@H](OC(C)=O)[C@@H]1C. The Balaban J connectivity index is 1.69. The Morgan fingerprint density at radius 1 is 0.933 bits per heavy atom. The number of amides is 1. The predicted octanol–water partition coefficient (Wildman–Crippen LogP) is 6.30. The van der Waals surface area contributed by atoms with Gasteiger partial charge in [0.05, 0.1) is 53.0 Å². The zero-order valence-electron chi connectivity index (χ0n) is 35.1. The maximum atomic E-state index is 14.4. The van der Waals surface area contributed by atoms with Gasteiger partial charge in [0, 0.05) is 61.2 Å². The molecule has 3 heterocycles. The Morgan fingerprint density at radius 2 is 1.62 bits per heavy atom. The van der Waals surface area contributed by atoms with Crippen LogP contribution in [0.1, 0.15) is 75.5 Å². The summed E-state index contributed by atoms with van der Waals surface area (Å²) in [5.74, 6) is -8.73. The highest BCUT2D eigenvalue weighted by Crippen LogP contribution is 2.55. The van der Waals surface area contributed by atoms with Gasteiger partial charge in [-0.05, 0) is 25.5 Å². The summed E-state index contributed by atoms with van der Waals surface area (Å²) in [7, 11) is 1.43. The first-order chi connectivity index (χ1) is 28.3. The summed E-state index contributed by atoms with van der Waals surface area (Å²) in [6, 6.07) is 9.10. The molecule has 6 N–H and O–H groups in total. The third-order valence-electron chi connectivity index (χ3n) is 11.4. The number of oxime groups is 1. The third-order valence-corrected chi connectivity index (χ3v) is 11.4. The van der Waals surface area contributed by atoms with Gasteiger partial charge in [-0.25, -0.2) is 0 Å². The first kappa shape index (κ1) is 45.2. The number of rotatable bonds is 6. The van der Waals surface area contributed by atoms with Crippen LogP contribution in [0.4, 0.5) is 5.69 Å². The Labute approximate surface area is 348 Å². The third kappa shape index (κ3) is 8.98. The van der Waals surface area contributed by atoms with Gasteiger partial charge in [0.15, 0.2) is 5.75 Å². The Morgan fingerprint density at radius 3 is 2.27 bits per heavy atom. The number of aliphatic hydroxyl groups is 2. The van der Waals surface area contributed by atoms with Crippen molar-refractivity contribution >= 4 is 40.3 Å². The van der Waals surface area contributed by atoms with Crippen LogP contribution in [0.5, 0.6) is 23.0 Å². The molecular formula is C45H54N2O13. The number of fused-ring (bicyclic) bond motifs is 14. The fraction of sp³-hybridized carbons (Fsp3) is 0.422. The summed E-state index contributed by atoms with van der Waals surface area (Å²) >= 11 is 0. The minimum atomic E-state index is -2.07. The number of nitrogens with one attached hydrogen (secondary N) is 1. The van der Waals surface area contributed by atoms with Crippen LogP contribution in [0, 0.1) is 30.6 Å². The molecule has 60 heavy (non-hydrogen) atoms. The number of aliphatic hydroxyl groups excluding tert-OH is 2. The fourth-order valence-electron chi connectivity index (χ4n) is 7.65. The molecule has 15 nitrogen and oxygen atoms in total. The van der Waals surface area contributed by atoms with E-state index in [-0.39, 0.29) is 51.1 Å². The average Bonchev–Trinajstić information content (AvgIpc) is 3.48. The predicted molar refractivity (Wildman–Crippen MR) is 223 cm³/mol. The highest BCUT2D eigenvalue weighted by atomic mass is 16.7. The lowest BCUT2D eigenvalue weighted by molar-refractivity contribution is -0.160. The average molecular weight is 831 g/mol. The first-order valence-corrected chi connectivity index (χ1v) is 19.6. The van der Waals surface area contributed by atoms with Gasteiger partial charge in [-0.3, -0.25) is 14.4 Å². The van der Waals surface area contributed by atoms with Crippen LogP contribution in [0.3, 0.4) is 0 Å². The number of aromatic hydroxyl groups is 3. The minimum absolute atomic E-state index is 0.0270. The second-order valence-electron chi connectivity index (χ2n) is 15.6. The lowest BCUT2D eigenvalue weighted by atomic mass is 9.78. The van der Waals surface area contributed by atoms with Crippen molar-refractivity contribution in [1.82, 2.24) is 0 Å². The second-order valence-corrected chi connectivity index (χ2v) is 15.6. The van der Waals surface area contributed by atoms with Gasteiger partial charge in [-0.2, -0.15) is 0 Å². The summed E-state index contributed by atoms with van der Waals surface area (Å²) < 4.78 is 23.5. The zero-order chi connectivity index (χ0) is 44.2. The molecule has 0 saturated heterocycles. The van der Waals surface area contributed by atoms with Gasteiger partial charge in [-0.1, -0.05) is 81.4 Å². The maximum Gasteiger partial charge on any atom is 0.312 e. The van der Waals surface area contributed by atoms with E-state index in [2.05, 4.69) is 10.5 Å². The molecule has 5 bridgehead atoms. The molecule has 0 saturated carbocycles. The van der Waals surface area contributed by atoms with Crippen LogP contribution in [-0.4, -0.2) is 86.7 Å². The quantitative estimate of drug-likeness (QED) is 0.0528. The second kappa shape index (κ2) is 18.6. The molecule has 0 fully saturated rings. The van der Waals surface area contributed by atoms with Gasteiger partial charge in [-0.15, -0.1) is 0 Å². The normalized spacial score (nSPS) is 29.7. The number of ether oxygens (including phenoxy) is 4. The van der Waals surface area contributed by atoms with E-state index in [1.165, 1.54) is 53.2 Å². The van der Waals surface area contributed by atoms with Crippen molar-refractivity contribution in [1.29, 1.82) is 0 Å². The molecule has 0 radical (unpaired) electrons. The molecular weight excluding hydrogens is 776 g/mol. The summed E-state index contributed by atoms with van der Waals surface area (Å²) in [5, 5.41) is 64.2. The minimum Gasteiger partial charge on any atom is -0.507 e. The van der Waals surface area contributed by atoms with Crippen LogP contribution in [0.15, 0.2) is 71.6 Å². The number of phenols is 3. The van der Waals surface area contributed by atoms with Gasteiger partial charge in [0.25, 0.3) is 11.7 Å². The molecule has 15 heteroatoms. The monoisotopic (exact) mass is 830 g/mol. The number of carbonyl (C=O) groups excluding carboxylic acids is 3. The summed E-state index contributed by atoms with van der Waals surface area (Å²) in [6.45, 7) is 12.4. The van der Waals surface area contributed by atoms with Gasteiger partial charge in [0.2, 0.25) is 0 Å². The van der Waals surface area contributed by atoms with Crippen molar-refractivity contribution in [3.05, 3.63) is 88.7 Å². The number of hydrogen-bond donors (Lipinski definition) is 6. The van der Waals surface area contributed by atoms with Crippen LogP contribution < -0.4 is 10.1 Å². The van der Waals surface area contributed by atoms with Crippen LogP contribution in [0.25, 0.3) is 10.8 Å². The molecule has 3 aromatic carbocycles. The maximum absolute atomic E-state index is 14.4. The fourth-order valence-corrected chi connectivity index (χ4v) is 7.65. The van der Waals surface area contributed by atoms with E-state index < -0.39 is 88.8 Å². The van der Waals surface area contributed by atoms with Gasteiger partial charge in [0.1, 0.15) is 30.0 Å². The van der Waals surface area contributed by atoms with Crippen molar-refractivity contribution in [2.24, 2.45) is 28.8 Å². The van der Waals surface area contributed by atoms with E-state index in [1.54, 1.807) is 39.8 Å². The molecule has 3 aliphatic heterocycles. The lowest BCUT2D eigenvalue weighted by Crippen LogP contribution is -2.46. The molecule has 6 rings (SSSR count). The topological polar surface area (TPSA) is 223 Å². The van der Waals surface area contributed by atoms with Crippen molar-refractivity contribution in [2.75, 3.05) is 12.4 Å². The van der Waals surface area contributed by atoms with Gasteiger partial charge >= 0.3 is 11.8 Å². The van der Waals surface area contributed by atoms with E-state index in [1.807, 2.05) is 30.3 Å². The smallest absolute Gasteiger partial charge is 0.312 e. The number of anilines is 1. The molecule has 3 aliphatic rings. The Bertz CT molecular complexity index is 2230. The molecule has 322 valence electrons. The van der Waals surface area contributed by atoms with Crippen molar-refractivity contribution in [3.8, 4) is 23.0 Å². The highest BCUT2D eigenvalue weighted by molar-refractivity contribution is 6.23. The summed E-state index contributed by atoms with van der Waals surface area (Å²) in [5.41, 5.74) is 0.113. The molecule has 0 unspecified atom stereocenters. The molecule has 0 aliphatic carbocycles. The molecule has 9 atom stereocenters. The summed E-state index contributed by atoms with van der Waals surface area (Å²) in [6.07, 6.45) is 4.47. The summed E-state index contributed by atoms with van der Waals surface area (Å²) in [4.78, 5) is 45.9. The van der Waals surface area contributed by atoms with Crippen molar-refractivity contribution in [2.45, 2.75) is 92.2 Å². The standard InChI is InChI=1S/C45H54N2O13/c1-22-14-13-15-23(2)44(55)47-35-30(20-46-58-21-29-16-11-10-12-17-29)39(52)32-33(40(35)53)38(51)27(6)42-34(32)43(54)45(8,60-42)57-19-18-31(56-9)24(3)41(59-28(7)48)26(5)37(50)25(4)36(22)49/h10-20,22,24-26,31,36-37,41,49-53H,21H2,1-9H3,(H,47,55)/b14-13-,19-18-,23-15-,46-20+/t22-,24+,25+,26+,31-,36-,37+,41+,45-/m0/s1. The first-order valence-electron chi connectivity index (χ1n) is 19.6. The molecule has 0 aromatic heterocycles. The van der Waals surface area contributed by atoms with Crippen LogP contribution >= 0.6 is 0 Å². The van der Waals surface area contributed by atoms with Crippen LogP contribution in [-0.2, 0) is 35.2 Å². The zero-order valence-corrected chi connectivity index (χ0v) is 35.1. The molecule has 0 spiro atoms. The molecule has 3 aromatic rings. The number of phenolic OH excluding ortho intramolecular Hbond substituents is 3. The van der Waals surface area contributed by atoms with E-state index in [0.717, 1.165) is 11.8 Å². The van der Waals surface area contributed by atoms with Crippen molar-refractivity contribution < 1.29 is 63.7 Å². The molecule has 1 amide bonds. The largest absolute Gasteiger partial charge is 0.507 e. The Kier molecular flexibility index (Phi) is 14.0. The number of allylic oxidation sites excluding steroid dienone is 2. The highest BCUT2D eigenvalue weighted by Gasteiger charge is 2.50. The van der Waals surface area contributed by atoms with E-state index in [4.69, 9.17) is 23.8 Å². The number of carbonyl (C=O) groups is 3. The number of hydrogen-bond acceptors (Lipinski definition) is 14. The number of ketones is 1. The number of benzene rings is 3. The van der Waals surface area contributed by atoms with Gasteiger partial charge < -0.3 is 54.6 Å². The number of Topliss-reactive ketones (excluding diaryl/α,β-unsaturated/α-hetero) is 1. The van der Waals surface area contributed by atoms with Crippen molar-refractivity contribution in [3.63, 3.8) is 0 Å².